The van der Waals surface area contributed by atoms with Crippen LogP contribution in [-0.2, 0) is 6.54 Å². The molecule has 0 saturated carbocycles. The van der Waals surface area contributed by atoms with Gasteiger partial charge in [-0.05, 0) is 18.6 Å². The van der Waals surface area contributed by atoms with Crippen molar-refractivity contribution in [3.8, 4) is 0 Å². The van der Waals surface area contributed by atoms with Gasteiger partial charge in [0, 0.05) is 17.1 Å². The van der Waals surface area contributed by atoms with Crippen molar-refractivity contribution in [2.75, 3.05) is 0 Å². The van der Waals surface area contributed by atoms with Crippen LogP contribution in [-0.4, -0.2) is 9.78 Å². The first kappa shape index (κ1) is 15.3. The van der Waals surface area contributed by atoms with E-state index in [1.165, 1.54) is 12.3 Å². The molecule has 0 aliphatic rings. The average Bonchev–Trinajstić information content (AvgIpc) is 2.75. The van der Waals surface area contributed by atoms with Gasteiger partial charge in [-0.3, -0.25) is 10.5 Å². The van der Waals surface area contributed by atoms with E-state index < -0.39 is 11.9 Å². The fourth-order valence-corrected chi connectivity index (χ4v) is 2.51. The molecule has 0 bridgehead atoms. The quantitative estimate of drug-likeness (QED) is 0.657. The van der Waals surface area contributed by atoms with Crippen LogP contribution in [0.1, 0.15) is 30.6 Å². The number of halogens is 3. The molecule has 0 saturated heterocycles. The molecule has 0 aliphatic heterocycles. The van der Waals surface area contributed by atoms with Crippen LogP contribution in [0.4, 0.5) is 4.39 Å². The Morgan fingerprint density at radius 1 is 1.45 bits per heavy atom. The number of hydrogen-bond acceptors (Lipinski definition) is 3. The molecular weight excluding hydrogens is 302 g/mol. The molecule has 1 heterocycles. The summed E-state index contributed by atoms with van der Waals surface area (Å²) < 4.78 is 15.8. The maximum atomic E-state index is 14.1. The molecular formula is C13H15Cl2FN4. The summed E-state index contributed by atoms with van der Waals surface area (Å²) in [6.45, 7) is 2.70. The van der Waals surface area contributed by atoms with Crippen LogP contribution in [0, 0.1) is 5.82 Å². The van der Waals surface area contributed by atoms with E-state index in [0.29, 0.717) is 27.8 Å². The number of hydrogen-bond donors (Lipinski definition) is 2. The van der Waals surface area contributed by atoms with Gasteiger partial charge in [-0.1, -0.05) is 36.2 Å². The second kappa shape index (κ2) is 6.54. The van der Waals surface area contributed by atoms with E-state index in [1.54, 1.807) is 16.8 Å². The number of nitrogens with two attached hydrogens (primary N) is 1. The summed E-state index contributed by atoms with van der Waals surface area (Å²) in [5.74, 6) is 5.14. The Labute approximate surface area is 126 Å². The zero-order valence-electron chi connectivity index (χ0n) is 10.9. The first-order valence-corrected chi connectivity index (χ1v) is 6.96. The third-order valence-corrected chi connectivity index (χ3v) is 3.51. The Bertz CT molecular complexity index is 600. The minimum atomic E-state index is -0.589. The van der Waals surface area contributed by atoms with Gasteiger partial charge < -0.3 is 0 Å². The van der Waals surface area contributed by atoms with Crippen LogP contribution < -0.4 is 11.3 Å². The highest BCUT2D eigenvalue weighted by atomic mass is 35.5. The number of nitrogens with one attached hydrogen (secondary N) is 1. The molecule has 0 aliphatic carbocycles. The average molecular weight is 317 g/mol. The smallest absolute Gasteiger partial charge is 0.129 e. The summed E-state index contributed by atoms with van der Waals surface area (Å²) in [5, 5.41) is 4.96. The molecule has 0 amide bonds. The zero-order chi connectivity index (χ0) is 14.7. The van der Waals surface area contributed by atoms with Crippen LogP contribution in [0.5, 0.6) is 0 Å². The van der Waals surface area contributed by atoms with Crippen molar-refractivity contribution >= 4 is 23.2 Å². The number of nitrogens with zero attached hydrogens (tertiary/aromatic N) is 2. The lowest BCUT2D eigenvalue weighted by Gasteiger charge is -2.19. The van der Waals surface area contributed by atoms with Gasteiger partial charge in [0.15, 0.2) is 0 Å². The predicted molar refractivity (Wildman–Crippen MR) is 78.1 cm³/mol. The van der Waals surface area contributed by atoms with Gasteiger partial charge in [0.1, 0.15) is 5.82 Å². The highest BCUT2D eigenvalue weighted by Gasteiger charge is 2.23. The maximum Gasteiger partial charge on any atom is 0.129 e. The maximum absolute atomic E-state index is 14.1. The first-order valence-electron chi connectivity index (χ1n) is 6.20. The van der Waals surface area contributed by atoms with Crippen molar-refractivity contribution in [1.29, 1.82) is 0 Å². The lowest BCUT2D eigenvalue weighted by Crippen LogP contribution is -2.31. The van der Waals surface area contributed by atoms with Crippen molar-refractivity contribution in [3.63, 3.8) is 0 Å². The van der Waals surface area contributed by atoms with Gasteiger partial charge in [0.05, 0.1) is 23.0 Å². The SMILES string of the molecule is CCCn1ncc(Cl)c1C(NN)c1ccc(Cl)cc1F. The van der Waals surface area contributed by atoms with Gasteiger partial charge in [0.25, 0.3) is 0 Å². The van der Waals surface area contributed by atoms with Crippen molar-refractivity contribution in [2.45, 2.75) is 25.9 Å². The van der Waals surface area contributed by atoms with Crippen molar-refractivity contribution < 1.29 is 4.39 Å². The predicted octanol–water partition coefficient (Wildman–Crippen LogP) is 3.29. The third kappa shape index (κ3) is 2.96. The topological polar surface area (TPSA) is 55.9 Å². The molecule has 7 heteroatoms. The Morgan fingerprint density at radius 3 is 2.80 bits per heavy atom. The minimum absolute atomic E-state index is 0.329. The number of hydrazine groups is 1. The van der Waals surface area contributed by atoms with E-state index in [0.717, 1.165) is 6.42 Å². The molecule has 20 heavy (non-hydrogen) atoms. The molecule has 1 aromatic heterocycles. The molecule has 1 unspecified atom stereocenters. The zero-order valence-corrected chi connectivity index (χ0v) is 12.4. The molecule has 1 atom stereocenters. The van der Waals surface area contributed by atoms with Crippen LogP contribution in [0.25, 0.3) is 0 Å². The van der Waals surface area contributed by atoms with Gasteiger partial charge in [-0.25, -0.2) is 9.82 Å². The molecule has 2 rings (SSSR count). The van der Waals surface area contributed by atoms with Crippen molar-refractivity contribution in [3.05, 3.63) is 51.5 Å². The summed E-state index contributed by atoms with van der Waals surface area (Å²) in [6.07, 6.45) is 2.41. The Hall–Kier alpha value is -1.14. The van der Waals surface area contributed by atoms with E-state index in [9.17, 15) is 4.39 Å². The molecule has 2 aromatic rings. The molecule has 108 valence electrons. The van der Waals surface area contributed by atoms with Gasteiger partial charge >= 0.3 is 0 Å². The van der Waals surface area contributed by atoms with E-state index in [2.05, 4.69) is 10.5 Å². The summed E-state index contributed by atoms with van der Waals surface area (Å²) in [6, 6.07) is 3.85. The Morgan fingerprint density at radius 2 is 2.20 bits per heavy atom. The fourth-order valence-electron chi connectivity index (χ4n) is 2.10. The molecule has 4 nitrogen and oxygen atoms in total. The number of aromatic nitrogens is 2. The second-order valence-corrected chi connectivity index (χ2v) is 5.21. The van der Waals surface area contributed by atoms with Crippen LogP contribution >= 0.6 is 23.2 Å². The molecule has 0 spiro atoms. The van der Waals surface area contributed by atoms with Gasteiger partial charge in [-0.15, -0.1) is 0 Å². The van der Waals surface area contributed by atoms with Crippen LogP contribution in [0.15, 0.2) is 24.4 Å². The third-order valence-electron chi connectivity index (χ3n) is 2.98. The van der Waals surface area contributed by atoms with Crippen molar-refractivity contribution in [1.82, 2.24) is 15.2 Å². The second-order valence-electron chi connectivity index (χ2n) is 4.37. The van der Waals surface area contributed by atoms with Gasteiger partial charge in [-0.2, -0.15) is 5.10 Å². The normalized spacial score (nSPS) is 12.7. The highest BCUT2D eigenvalue weighted by molar-refractivity contribution is 6.31. The molecule has 3 N–H and O–H groups in total. The summed E-state index contributed by atoms with van der Waals surface area (Å²) in [4.78, 5) is 0. The van der Waals surface area contributed by atoms with Crippen LogP contribution in [0.3, 0.4) is 0 Å². The molecule has 1 aromatic carbocycles. The molecule has 0 radical (unpaired) electrons. The van der Waals surface area contributed by atoms with Gasteiger partial charge in [0.2, 0.25) is 0 Å². The number of rotatable bonds is 5. The number of benzene rings is 1. The number of aryl methyl sites for hydroxylation is 1. The lowest BCUT2D eigenvalue weighted by atomic mass is 10.0. The highest BCUT2D eigenvalue weighted by Crippen LogP contribution is 2.30. The minimum Gasteiger partial charge on any atom is -0.271 e. The Balaban J connectivity index is 2.49. The van der Waals surface area contributed by atoms with E-state index in [4.69, 9.17) is 29.0 Å². The summed E-state index contributed by atoms with van der Waals surface area (Å²) in [7, 11) is 0. The lowest BCUT2D eigenvalue weighted by molar-refractivity contribution is 0.502. The van der Waals surface area contributed by atoms with E-state index in [-0.39, 0.29) is 0 Å². The van der Waals surface area contributed by atoms with Crippen LogP contribution in [0.2, 0.25) is 10.0 Å². The van der Waals surface area contributed by atoms with E-state index >= 15 is 0 Å². The first-order chi connectivity index (χ1) is 9.58. The van der Waals surface area contributed by atoms with E-state index in [1.807, 2.05) is 6.92 Å². The Kier molecular flexibility index (Phi) is 4.99. The van der Waals surface area contributed by atoms with Crippen molar-refractivity contribution in [2.24, 2.45) is 5.84 Å². The summed E-state index contributed by atoms with van der Waals surface area (Å²) in [5.41, 5.74) is 3.60. The fraction of sp³-hybridized carbons (Fsp3) is 0.308. The summed E-state index contributed by atoms with van der Waals surface area (Å²) >= 11 is 11.9. The monoisotopic (exact) mass is 316 g/mol. The molecule has 0 fully saturated rings. The standard InChI is InChI=1S/C13H15Cl2FN4/c1-2-5-20-13(10(15)7-18-20)12(19-17)9-4-3-8(14)6-11(9)16/h3-4,6-7,12,19H,2,5,17H2,1H3. The largest absolute Gasteiger partial charge is 0.271 e.